The number of ether oxygens (including phenoxy) is 2. The normalized spacial score (nSPS) is 10.2. The molecule has 0 unspecified atom stereocenters. The van der Waals surface area contributed by atoms with E-state index in [2.05, 4.69) is 28.8 Å². The molecule has 21 heavy (non-hydrogen) atoms. The highest BCUT2D eigenvalue weighted by Crippen LogP contribution is 2.21. The van der Waals surface area contributed by atoms with Crippen molar-refractivity contribution in [1.82, 2.24) is 4.98 Å². The zero-order chi connectivity index (χ0) is 15.1. The molecule has 0 fully saturated rings. The quantitative estimate of drug-likeness (QED) is 0.753. The fraction of sp³-hybridized carbons (Fsp3) is 0.294. The Hall–Kier alpha value is -2.36. The van der Waals surface area contributed by atoms with Gasteiger partial charge in [-0.25, -0.2) is 9.78 Å². The summed E-state index contributed by atoms with van der Waals surface area (Å²) in [6.45, 7) is 2.18. The number of rotatable bonds is 6. The summed E-state index contributed by atoms with van der Waals surface area (Å²) in [5.41, 5.74) is 1.71. The molecule has 0 bridgehead atoms. The number of aromatic nitrogens is 1. The number of benzene rings is 1. The summed E-state index contributed by atoms with van der Waals surface area (Å²) < 4.78 is 10.3. The molecule has 2 rings (SSSR count). The average Bonchev–Trinajstić information content (AvgIpc) is 2.53. The third kappa shape index (κ3) is 4.31. The van der Waals surface area contributed by atoms with Gasteiger partial charge in [-0.3, -0.25) is 0 Å². The number of hydrogen-bond donors (Lipinski definition) is 0. The van der Waals surface area contributed by atoms with Gasteiger partial charge in [0, 0.05) is 12.3 Å². The molecule has 1 aromatic carbocycles. The minimum atomic E-state index is -0.405. The number of aryl methyl sites for hydroxylation is 1. The van der Waals surface area contributed by atoms with Crippen molar-refractivity contribution in [3.8, 4) is 11.6 Å². The largest absolute Gasteiger partial charge is 0.465 e. The lowest BCUT2D eigenvalue weighted by Gasteiger charge is -2.07. The summed E-state index contributed by atoms with van der Waals surface area (Å²) in [6, 6.07) is 11.1. The van der Waals surface area contributed by atoms with Crippen molar-refractivity contribution >= 4 is 5.97 Å². The molecule has 4 nitrogen and oxygen atoms in total. The third-order valence-electron chi connectivity index (χ3n) is 3.12. The maximum atomic E-state index is 11.5. The topological polar surface area (TPSA) is 48.4 Å². The Morgan fingerprint density at radius 2 is 1.95 bits per heavy atom. The number of esters is 1. The van der Waals surface area contributed by atoms with E-state index in [1.54, 1.807) is 12.1 Å². The summed E-state index contributed by atoms with van der Waals surface area (Å²) in [6.07, 6.45) is 4.97. The number of nitrogens with zero attached hydrogens (tertiary/aromatic N) is 1. The van der Waals surface area contributed by atoms with Crippen LogP contribution in [0.15, 0.2) is 42.6 Å². The van der Waals surface area contributed by atoms with Gasteiger partial charge in [0.1, 0.15) is 5.75 Å². The molecule has 2 aromatic rings. The van der Waals surface area contributed by atoms with E-state index in [4.69, 9.17) is 4.74 Å². The monoisotopic (exact) mass is 285 g/mol. The smallest absolute Gasteiger partial charge is 0.338 e. The molecule has 0 N–H and O–H groups in total. The van der Waals surface area contributed by atoms with E-state index < -0.39 is 5.97 Å². The molecule has 1 heterocycles. The third-order valence-corrected chi connectivity index (χ3v) is 3.12. The number of hydrogen-bond acceptors (Lipinski definition) is 4. The minimum absolute atomic E-state index is 0.374. The lowest BCUT2D eigenvalue weighted by Crippen LogP contribution is -2.01. The van der Waals surface area contributed by atoms with E-state index in [-0.39, 0.29) is 0 Å². The van der Waals surface area contributed by atoms with Crippen LogP contribution in [0.5, 0.6) is 11.6 Å². The molecule has 0 aliphatic rings. The molecule has 1 aromatic heterocycles. The molecule has 0 aliphatic carbocycles. The van der Waals surface area contributed by atoms with Crippen LogP contribution in [-0.2, 0) is 11.2 Å². The number of carbonyl (C=O) groups excluding carboxylic acids is 1. The van der Waals surface area contributed by atoms with E-state index in [1.165, 1.54) is 31.7 Å². The first-order chi connectivity index (χ1) is 10.2. The van der Waals surface area contributed by atoms with Gasteiger partial charge in [-0.1, -0.05) is 25.5 Å². The standard InChI is InChI=1S/C17H19NO3/c1-3-4-5-13-6-8-15(9-7-13)21-16-12-14(10-11-18-16)17(19)20-2/h6-12H,3-5H2,1-2H3. The molecule has 4 heteroatoms. The summed E-state index contributed by atoms with van der Waals surface area (Å²) in [5, 5.41) is 0. The van der Waals surface area contributed by atoms with Crippen molar-refractivity contribution in [3.63, 3.8) is 0 Å². The molecular formula is C17H19NO3. The Balaban J connectivity index is 2.06. The van der Waals surface area contributed by atoms with E-state index in [0.717, 1.165) is 6.42 Å². The Bertz CT molecular complexity index is 593. The molecule has 0 atom stereocenters. The van der Waals surface area contributed by atoms with Crippen LogP contribution in [-0.4, -0.2) is 18.1 Å². The molecule has 0 aliphatic heterocycles. The highest BCUT2D eigenvalue weighted by Gasteiger charge is 2.07. The molecule has 0 saturated heterocycles. The first kappa shape index (κ1) is 15.0. The Kier molecular flexibility index (Phi) is 5.32. The first-order valence-corrected chi connectivity index (χ1v) is 7.04. The van der Waals surface area contributed by atoms with E-state index >= 15 is 0 Å². The average molecular weight is 285 g/mol. The highest BCUT2D eigenvalue weighted by molar-refractivity contribution is 5.89. The van der Waals surface area contributed by atoms with E-state index in [9.17, 15) is 4.79 Å². The van der Waals surface area contributed by atoms with Crippen LogP contribution < -0.4 is 4.74 Å². The number of pyridine rings is 1. The molecule has 0 amide bonds. The fourth-order valence-electron chi connectivity index (χ4n) is 1.94. The molecule has 0 saturated carbocycles. The maximum absolute atomic E-state index is 11.5. The van der Waals surface area contributed by atoms with Crippen LogP contribution in [0.25, 0.3) is 0 Å². The van der Waals surface area contributed by atoms with Gasteiger partial charge in [0.05, 0.1) is 12.7 Å². The van der Waals surface area contributed by atoms with Crippen molar-refractivity contribution in [2.24, 2.45) is 0 Å². The summed E-state index contributed by atoms with van der Waals surface area (Å²) in [5.74, 6) is 0.668. The van der Waals surface area contributed by atoms with E-state index in [0.29, 0.717) is 17.2 Å². The van der Waals surface area contributed by atoms with Crippen LogP contribution in [0.1, 0.15) is 35.7 Å². The van der Waals surface area contributed by atoms with Crippen LogP contribution in [0.2, 0.25) is 0 Å². The second-order valence-electron chi connectivity index (χ2n) is 4.72. The van der Waals surface area contributed by atoms with Gasteiger partial charge in [-0.15, -0.1) is 0 Å². The molecular weight excluding hydrogens is 266 g/mol. The molecule has 110 valence electrons. The van der Waals surface area contributed by atoms with Crippen LogP contribution in [0, 0.1) is 0 Å². The van der Waals surface area contributed by atoms with Crippen molar-refractivity contribution in [2.45, 2.75) is 26.2 Å². The Morgan fingerprint density at radius 3 is 2.62 bits per heavy atom. The fourth-order valence-corrected chi connectivity index (χ4v) is 1.94. The number of methoxy groups -OCH3 is 1. The summed E-state index contributed by atoms with van der Waals surface area (Å²) in [4.78, 5) is 15.6. The number of unbranched alkanes of at least 4 members (excludes halogenated alkanes) is 1. The van der Waals surface area contributed by atoms with Crippen molar-refractivity contribution in [1.29, 1.82) is 0 Å². The predicted molar refractivity (Wildman–Crippen MR) is 80.7 cm³/mol. The van der Waals surface area contributed by atoms with Crippen LogP contribution in [0.3, 0.4) is 0 Å². The zero-order valence-electron chi connectivity index (χ0n) is 12.3. The maximum Gasteiger partial charge on any atom is 0.338 e. The van der Waals surface area contributed by atoms with Gasteiger partial charge in [-0.05, 0) is 36.6 Å². The van der Waals surface area contributed by atoms with Crippen molar-refractivity contribution < 1.29 is 14.3 Å². The van der Waals surface area contributed by atoms with Gasteiger partial charge < -0.3 is 9.47 Å². The Labute approximate surface area is 124 Å². The number of carbonyl (C=O) groups is 1. The SMILES string of the molecule is CCCCc1ccc(Oc2cc(C(=O)OC)ccn2)cc1. The van der Waals surface area contributed by atoms with Gasteiger partial charge in [0.25, 0.3) is 0 Å². The van der Waals surface area contributed by atoms with Crippen molar-refractivity contribution in [2.75, 3.05) is 7.11 Å². The highest BCUT2D eigenvalue weighted by atomic mass is 16.5. The van der Waals surface area contributed by atoms with E-state index in [1.807, 2.05) is 12.1 Å². The van der Waals surface area contributed by atoms with Crippen LogP contribution in [0.4, 0.5) is 0 Å². The summed E-state index contributed by atoms with van der Waals surface area (Å²) >= 11 is 0. The molecule has 0 spiro atoms. The molecule has 0 radical (unpaired) electrons. The lowest BCUT2D eigenvalue weighted by atomic mass is 10.1. The Morgan fingerprint density at radius 1 is 1.19 bits per heavy atom. The van der Waals surface area contributed by atoms with Gasteiger partial charge in [0.2, 0.25) is 5.88 Å². The van der Waals surface area contributed by atoms with Crippen molar-refractivity contribution in [3.05, 3.63) is 53.7 Å². The van der Waals surface area contributed by atoms with Crippen LogP contribution >= 0.6 is 0 Å². The zero-order valence-corrected chi connectivity index (χ0v) is 12.3. The minimum Gasteiger partial charge on any atom is -0.465 e. The van der Waals surface area contributed by atoms with Gasteiger partial charge in [-0.2, -0.15) is 0 Å². The first-order valence-electron chi connectivity index (χ1n) is 7.04. The second-order valence-corrected chi connectivity index (χ2v) is 4.72. The predicted octanol–water partition coefficient (Wildman–Crippen LogP) is 4.00. The van der Waals surface area contributed by atoms with Gasteiger partial charge >= 0.3 is 5.97 Å². The summed E-state index contributed by atoms with van der Waals surface area (Å²) in [7, 11) is 1.35. The van der Waals surface area contributed by atoms with Gasteiger partial charge in [0.15, 0.2) is 0 Å². The second kappa shape index (κ2) is 7.43. The lowest BCUT2D eigenvalue weighted by molar-refractivity contribution is 0.0600.